The standard InChI is InChI=1S/C18H16N2O2S/c21-17-14-5-2-1-4-12(14)13-8-7-11(10-15(13)20-17)19-18(22)16-6-3-9-23-16/h3,6-10H,1-2,4-5H2,(H,19,22)(H,20,21). The van der Waals surface area contributed by atoms with Crippen molar-refractivity contribution in [1.82, 2.24) is 4.98 Å². The van der Waals surface area contributed by atoms with Gasteiger partial charge in [-0.3, -0.25) is 9.59 Å². The molecule has 0 saturated carbocycles. The fourth-order valence-electron chi connectivity index (χ4n) is 3.24. The van der Waals surface area contributed by atoms with E-state index in [4.69, 9.17) is 0 Å². The smallest absolute Gasteiger partial charge is 0.265 e. The number of aryl methyl sites for hydroxylation is 1. The molecule has 0 aliphatic heterocycles. The van der Waals surface area contributed by atoms with E-state index >= 15 is 0 Å². The Balaban J connectivity index is 1.74. The van der Waals surface area contributed by atoms with Crippen LogP contribution in [-0.4, -0.2) is 10.9 Å². The molecule has 1 aliphatic rings. The van der Waals surface area contributed by atoms with Crippen molar-refractivity contribution >= 4 is 33.8 Å². The Bertz CT molecular complexity index is 942. The molecule has 1 aromatic carbocycles. The maximum Gasteiger partial charge on any atom is 0.265 e. The van der Waals surface area contributed by atoms with Crippen molar-refractivity contribution in [2.45, 2.75) is 25.7 Å². The SMILES string of the molecule is O=C(Nc1ccc2c3c(c(=O)[nH]c2c1)CCCC3)c1cccs1. The minimum Gasteiger partial charge on any atom is -0.322 e. The van der Waals surface area contributed by atoms with Crippen LogP contribution in [0.15, 0.2) is 40.5 Å². The zero-order chi connectivity index (χ0) is 15.8. The number of amides is 1. The molecule has 1 amide bonds. The third kappa shape index (κ3) is 2.57. The molecule has 1 aliphatic carbocycles. The number of aromatic nitrogens is 1. The summed E-state index contributed by atoms with van der Waals surface area (Å²) in [5.41, 5.74) is 3.60. The summed E-state index contributed by atoms with van der Waals surface area (Å²) < 4.78 is 0. The summed E-state index contributed by atoms with van der Waals surface area (Å²) in [5.74, 6) is -0.125. The Morgan fingerprint density at radius 2 is 1.96 bits per heavy atom. The van der Waals surface area contributed by atoms with Crippen molar-refractivity contribution in [3.05, 3.63) is 62.1 Å². The van der Waals surface area contributed by atoms with Gasteiger partial charge in [0, 0.05) is 16.6 Å². The number of carbonyl (C=O) groups excluding carboxylic acids is 1. The van der Waals surface area contributed by atoms with Crippen molar-refractivity contribution in [3.63, 3.8) is 0 Å². The predicted octanol–water partition coefficient (Wildman–Crippen LogP) is 3.72. The van der Waals surface area contributed by atoms with Gasteiger partial charge in [0.25, 0.3) is 11.5 Å². The van der Waals surface area contributed by atoms with Gasteiger partial charge in [-0.25, -0.2) is 0 Å². The third-order valence-electron chi connectivity index (χ3n) is 4.34. The average molecular weight is 324 g/mol. The highest BCUT2D eigenvalue weighted by atomic mass is 32.1. The Morgan fingerprint density at radius 3 is 2.74 bits per heavy atom. The Morgan fingerprint density at radius 1 is 1.13 bits per heavy atom. The van der Waals surface area contributed by atoms with Crippen LogP contribution in [0.4, 0.5) is 5.69 Å². The van der Waals surface area contributed by atoms with E-state index in [1.807, 2.05) is 29.6 Å². The summed E-state index contributed by atoms with van der Waals surface area (Å²) in [6, 6.07) is 9.39. The number of hydrogen-bond donors (Lipinski definition) is 2. The molecule has 5 heteroatoms. The van der Waals surface area contributed by atoms with Crippen molar-refractivity contribution < 1.29 is 4.79 Å². The molecule has 2 aromatic heterocycles. The second kappa shape index (κ2) is 5.66. The zero-order valence-corrected chi connectivity index (χ0v) is 13.3. The molecule has 0 saturated heterocycles. The number of benzene rings is 1. The summed E-state index contributed by atoms with van der Waals surface area (Å²) in [6.45, 7) is 0. The molecule has 116 valence electrons. The molecule has 3 aromatic rings. The quantitative estimate of drug-likeness (QED) is 0.754. The molecular formula is C18H16N2O2S. The Labute approximate surface area is 137 Å². The average Bonchev–Trinajstić information content (AvgIpc) is 3.09. The summed E-state index contributed by atoms with van der Waals surface area (Å²) in [6.07, 6.45) is 4.02. The molecule has 0 radical (unpaired) electrons. The second-order valence-corrected chi connectivity index (χ2v) is 6.76. The van der Waals surface area contributed by atoms with Crippen LogP contribution in [-0.2, 0) is 12.8 Å². The van der Waals surface area contributed by atoms with Crippen LogP contribution in [0.25, 0.3) is 10.9 Å². The number of nitrogens with one attached hydrogen (secondary N) is 2. The van der Waals surface area contributed by atoms with Gasteiger partial charge in [0.1, 0.15) is 0 Å². The van der Waals surface area contributed by atoms with Crippen LogP contribution in [0.2, 0.25) is 0 Å². The lowest BCUT2D eigenvalue weighted by atomic mass is 9.90. The van der Waals surface area contributed by atoms with Crippen LogP contribution >= 0.6 is 11.3 Å². The maximum absolute atomic E-state index is 12.3. The molecule has 0 fully saturated rings. The molecule has 4 nitrogen and oxygen atoms in total. The summed E-state index contributed by atoms with van der Waals surface area (Å²) in [7, 11) is 0. The molecule has 2 heterocycles. The monoisotopic (exact) mass is 324 g/mol. The maximum atomic E-state index is 12.3. The van der Waals surface area contributed by atoms with Gasteiger partial charge in [0.15, 0.2) is 0 Å². The first kappa shape index (κ1) is 14.2. The van der Waals surface area contributed by atoms with E-state index in [2.05, 4.69) is 10.3 Å². The Kier molecular flexibility index (Phi) is 3.50. The summed E-state index contributed by atoms with van der Waals surface area (Å²) in [5, 5.41) is 5.85. The number of fused-ring (bicyclic) bond motifs is 3. The number of rotatable bonds is 2. The van der Waals surface area contributed by atoms with E-state index in [9.17, 15) is 9.59 Å². The third-order valence-corrected chi connectivity index (χ3v) is 5.21. The number of thiophene rings is 1. The minimum absolute atomic E-state index is 0.00827. The van der Waals surface area contributed by atoms with E-state index in [1.165, 1.54) is 16.9 Å². The highest BCUT2D eigenvalue weighted by Crippen LogP contribution is 2.27. The van der Waals surface area contributed by atoms with Crippen molar-refractivity contribution in [2.24, 2.45) is 0 Å². The molecule has 4 rings (SSSR count). The van der Waals surface area contributed by atoms with Gasteiger partial charge < -0.3 is 10.3 Å². The highest BCUT2D eigenvalue weighted by molar-refractivity contribution is 7.12. The normalized spacial score (nSPS) is 13.7. The van der Waals surface area contributed by atoms with Crippen LogP contribution < -0.4 is 10.9 Å². The van der Waals surface area contributed by atoms with E-state index < -0.39 is 0 Å². The molecule has 0 unspecified atom stereocenters. The van der Waals surface area contributed by atoms with Crippen LogP contribution in [0, 0.1) is 0 Å². The van der Waals surface area contributed by atoms with Gasteiger partial charge >= 0.3 is 0 Å². The zero-order valence-electron chi connectivity index (χ0n) is 12.5. The molecule has 23 heavy (non-hydrogen) atoms. The topological polar surface area (TPSA) is 62.0 Å². The van der Waals surface area contributed by atoms with Gasteiger partial charge in [0.05, 0.1) is 10.4 Å². The van der Waals surface area contributed by atoms with E-state index in [-0.39, 0.29) is 11.5 Å². The number of anilines is 1. The molecule has 0 spiro atoms. The summed E-state index contributed by atoms with van der Waals surface area (Å²) in [4.78, 5) is 28.0. The molecule has 0 atom stereocenters. The Hall–Kier alpha value is -2.40. The van der Waals surface area contributed by atoms with Gasteiger partial charge in [0.2, 0.25) is 0 Å². The fourth-order valence-corrected chi connectivity index (χ4v) is 3.86. The lowest BCUT2D eigenvalue weighted by molar-refractivity contribution is 0.103. The van der Waals surface area contributed by atoms with Gasteiger partial charge in [-0.15, -0.1) is 11.3 Å². The predicted molar refractivity (Wildman–Crippen MR) is 93.5 cm³/mol. The van der Waals surface area contributed by atoms with Crippen molar-refractivity contribution in [3.8, 4) is 0 Å². The van der Waals surface area contributed by atoms with Crippen LogP contribution in [0.1, 0.15) is 33.6 Å². The lowest BCUT2D eigenvalue weighted by Gasteiger charge is -2.17. The number of pyridine rings is 1. The van der Waals surface area contributed by atoms with E-state index in [1.54, 1.807) is 6.07 Å². The van der Waals surface area contributed by atoms with Crippen molar-refractivity contribution in [2.75, 3.05) is 5.32 Å². The van der Waals surface area contributed by atoms with Crippen molar-refractivity contribution in [1.29, 1.82) is 0 Å². The van der Waals surface area contributed by atoms with Gasteiger partial charge in [-0.05, 0) is 54.8 Å². The van der Waals surface area contributed by atoms with E-state index in [0.717, 1.165) is 42.1 Å². The molecule has 0 bridgehead atoms. The number of H-pyrrole nitrogens is 1. The second-order valence-electron chi connectivity index (χ2n) is 5.81. The van der Waals surface area contributed by atoms with E-state index in [0.29, 0.717) is 10.6 Å². The van der Waals surface area contributed by atoms with Gasteiger partial charge in [-0.1, -0.05) is 12.1 Å². The number of hydrogen-bond acceptors (Lipinski definition) is 3. The first-order valence-electron chi connectivity index (χ1n) is 7.75. The molecule has 2 N–H and O–H groups in total. The highest BCUT2D eigenvalue weighted by Gasteiger charge is 2.16. The lowest BCUT2D eigenvalue weighted by Crippen LogP contribution is -2.19. The number of aromatic amines is 1. The summed E-state index contributed by atoms with van der Waals surface area (Å²) >= 11 is 1.41. The molecular weight excluding hydrogens is 308 g/mol. The fraction of sp³-hybridized carbons (Fsp3) is 0.222. The number of carbonyl (C=O) groups is 1. The first-order valence-corrected chi connectivity index (χ1v) is 8.63. The minimum atomic E-state index is -0.125. The van der Waals surface area contributed by atoms with Gasteiger partial charge in [-0.2, -0.15) is 0 Å². The first-order chi connectivity index (χ1) is 11.2. The van der Waals surface area contributed by atoms with Crippen LogP contribution in [0.5, 0.6) is 0 Å². The largest absolute Gasteiger partial charge is 0.322 e. The van der Waals surface area contributed by atoms with Crippen LogP contribution in [0.3, 0.4) is 0 Å².